The quantitative estimate of drug-likeness (QED) is 0.644. The van der Waals surface area contributed by atoms with Gasteiger partial charge in [0.25, 0.3) is 0 Å². The Hall–Kier alpha value is -1.20. The molecule has 0 amide bonds. The predicted molar refractivity (Wildman–Crippen MR) is 42.6 cm³/mol. The summed E-state index contributed by atoms with van der Waals surface area (Å²) in [5.41, 5.74) is 0.976. The van der Waals surface area contributed by atoms with E-state index in [-0.39, 0.29) is 11.3 Å². The maximum Gasteiger partial charge on any atom is 0.135 e. The minimum absolute atomic E-state index is 0.0579. The molecule has 0 aliphatic carbocycles. The van der Waals surface area contributed by atoms with E-state index in [9.17, 15) is 0 Å². The molecule has 0 aliphatic rings. The van der Waals surface area contributed by atoms with E-state index in [0.29, 0.717) is 5.02 Å². The van der Waals surface area contributed by atoms with Gasteiger partial charge in [0.15, 0.2) is 0 Å². The van der Waals surface area contributed by atoms with Crippen LogP contribution in [0.25, 0.3) is 0 Å². The Balaban J connectivity index is 3.40. The molecular formula is C8H6ClNO. The molecule has 11 heavy (non-hydrogen) atoms. The highest BCUT2D eigenvalue weighted by Gasteiger charge is 2.05. The van der Waals surface area contributed by atoms with E-state index in [0.717, 1.165) is 5.56 Å². The summed E-state index contributed by atoms with van der Waals surface area (Å²) >= 11 is 5.65. The van der Waals surface area contributed by atoms with Crippen LogP contribution in [0.15, 0.2) is 12.1 Å². The summed E-state index contributed by atoms with van der Waals surface area (Å²) in [6.07, 6.45) is 0. The molecule has 1 N–H and O–H groups in total. The second kappa shape index (κ2) is 2.81. The molecule has 0 aliphatic heterocycles. The Morgan fingerprint density at radius 3 is 2.64 bits per heavy atom. The van der Waals surface area contributed by atoms with Crippen molar-refractivity contribution in [2.75, 3.05) is 0 Å². The molecule has 0 unspecified atom stereocenters. The number of hydrogen-bond donors (Lipinski definition) is 1. The zero-order valence-electron chi connectivity index (χ0n) is 5.93. The zero-order chi connectivity index (χ0) is 8.43. The molecule has 0 saturated carbocycles. The summed E-state index contributed by atoms with van der Waals surface area (Å²) in [6, 6.07) is 4.95. The first-order valence-electron chi connectivity index (χ1n) is 3.04. The number of halogens is 1. The van der Waals surface area contributed by atoms with Gasteiger partial charge in [0.05, 0.1) is 5.02 Å². The fraction of sp³-hybridized carbons (Fsp3) is 0.125. The standard InChI is InChI=1S/C8H6ClNO/c1-5-2-7(9)6(4-10)8(11)3-5/h2-3,11H,1H3. The third kappa shape index (κ3) is 1.44. The van der Waals surface area contributed by atoms with E-state index in [2.05, 4.69) is 0 Å². The number of nitriles is 1. The van der Waals surface area contributed by atoms with Crippen molar-refractivity contribution in [2.45, 2.75) is 6.92 Å². The van der Waals surface area contributed by atoms with Crippen molar-refractivity contribution in [3.63, 3.8) is 0 Å². The molecule has 2 nitrogen and oxygen atoms in total. The third-order valence-corrected chi connectivity index (χ3v) is 1.62. The van der Waals surface area contributed by atoms with E-state index in [1.807, 2.05) is 6.07 Å². The van der Waals surface area contributed by atoms with Gasteiger partial charge in [-0.1, -0.05) is 11.6 Å². The van der Waals surface area contributed by atoms with Crippen molar-refractivity contribution in [2.24, 2.45) is 0 Å². The Labute approximate surface area is 69.7 Å². The lowest BCUT2D eigenvalue weighted by atomic mass is 10.1. The second-order valence-corrected chi connectivity index (χ2v) is 2.66. The highest BCUT2D eigenvalue weighted by molar-refractivity contribution is 6.32. The minimum Gasteiger partial charge on any atom is -0.507 e. The first-order chi connectivity index (χ1) is 5.15. The van der Waals surface area contributed by atoms with Gasteiger partial charge >= 0.3 is 0 Å². The molecule has 0 atom stereocenters. The molecule has 0 radical (unpaired) electrons. The van der Waals surface area contributed by atoms with Crippen LogP contribution in [-0.4, -0.2) is 5.11 Å². The minimum atomic E-state index is -0.0579. The number of rotatable bonds is 0. The highest BCUT2D eigenvalue weighted by atomic mass is 35.5. The van der Waals surface area contributed by atoms with E-state index >= 15 is 0 Å². The summed E-state index contributed by atoms with van der Waals surface area (Å²) in [6.45, 7) is 1.80. The first-order valence-corrected chi connectivity index (χ1v) is 3.42. The number of nitrogens with zero attached hydrogens (tertiary/aromatic N) is 1. The van der Waals surface area contributed by atoms with Gasteiger partial charge in [-0.15, -0.1) is 0 Å². The van der Waals surface area contributed by atoms with E-state index in [1.54, 1.807) is 13.0 Å². The maximum atomic E-state index is 9.17. The highest BCUT2D eigenvalue weighted by Crippen LogP contribution is 2.25. The van der Waals surface area contributed by atoms with Gasteiger partial charge in [-0.05, 0) is 24.6 Å². The van der Waals surface area contributed by atoms with Crippen molar-refractivity contribution in [1.82, 2.24) is 0 Å². The molecule has 0 heterocycles. The molecule has 1 rings (SSSR count). The van der Waals surface area contributed by atoms with Gasteiger partial charge < -0.3 is 5.11 Å². The third-order valence-electron chi connectivity index (χ3n) is 1.33. The molecule has 1 aromatic rings. The van der Waals surface area contributed by atoms with Crippen LogP contribution in [0.3, 0.4) is 0 Å². The average Bonchev–Trinajstić information content (AvgIpc) is 1.85. The lowest BCUT2D eigenvalue weighted by molar-refractivity contribution is 0.473. The Morgan fingerprint density at radius 1 is 1.55 bits per heavy atom. The largest absolute Gasteiger partial charge is 0.507 e. The summed E-state index contributed by atoms with van der Waals surface area (Å²) in [5.74, 6) is -0.0579. The smallest absolute Gasteiger partial charge is 0.135 e. The fourth-order valence-corrected chi connectivity index (χ4v) is 1.15. The van der Waals surface area contributed by atoms with Gasteiger partial charge in [-0.25, -0.2) is 0 Å². The van der Waals surface area contributed by atoms with E-state index in [1.165, 1.54) is 6.07 Å². The van der Waals surface area contributed by atoms with Crippen LogP contribution < -0.4 is 0 Å². The number of hydrogen-bond acceptors (Lipinski definition) is 2. The van der Waals surface area contributed by atoms with Gasteiger partial charge in [0, 0.05) is 0 Å². The summed E-state index contributed by atoms with van der Waals surface area (Å²) in [5, 5.41) is 18.0. The average molecular weight is 168 g/mol. The zero-order valence-corrected chi connectivity index (χ0v) is 6.68. The van der Waals surface area contributed by atoms with Crippen molar-refractivity contribution in [3.8, 4) is 11.8 Å². The number of aromatic hydroxyl groups is 1. The topological polar surface area (TPSA) is 44.0 Å². The van der Waals surface area contributed by atoms with Crippen LogP contribution in [0.2, 0.25) is 5.02 Å². The van der Waals surface area contributed by atoms with Crippen molar-refractivity contribution in [1.29, 1.82) is 5.26 Å². The lowest BCUT2D eigenvalue weighted by Gasteiger charge is -1.99. The lowest BCUT2D eigenvalue weighted by Crippen LogP contribution is -1.80. The molecule has 0 saturated heterocycles. The van der Waals surface area contributed by atoms with E-state index < -0.39 is 0 Å². The van der Waals surface area contributed by atoms with E-state index in [4.69, 9.17) is 22.0 Å². The van der Waals surface area contributed by atoms with Crippen LogP contribution >= 0.6 is 11.6 Å². The predicted octanol–water partition coefficient (Wildman–Crippen LogP) is 2.23. The molecule has 1 aromatic carbocycles. The van der Waals surface area contributed by atoms with Crippen molar-refractivity contribution < 1.29 is 5.11 Å². The molecule has 0 bridgehead atoms. The molecule has 0 fully saturated rings. The molecular weight excluding hydrogens is 162 g/mol. The van der Waals surface area contributed by atoms with Gasteiger partial charge in [-0.2, -0.15) is 5.26 Å². The molecule has 56 valence electrons. The second-order valence-electron chi connectivity index (χ2n) is 2.25. The Morgan fingerprint density at radius 2 is 2.18 bits per heavy atom. The monoisotopic (exact) mass is 167 g/mol. The number of benzene rings is 1. The number of phenols is 1. The summed E-state index contributed by atoms with van der Waals surface area (Å²) in [4.78, 5) is 0. The molecule has 0 spiro atoms. The molecule has 0 aromatic heterocycles. The molecule has 3 heteroatoms. The summed E-state index contributed by atoms with van der Waals surface area (Å²) < 4.78 is 0. The van der Waals surface area contributed by atoms with Gasteiger partial charge in [0.2, 0.25) is 0 Å². The van der Waals surface area contributed by atoms with Crippen molar-refractivity contribution in [3.05, 3.63) is 28.3 Å². The SMILES string of the molecule is Cc1cc(O)c(C#N)c(Cl)c1. The first kappa shape index (κ1) is 7.90. The van der Waals surface area contributed by atoms with Crippen LogP contribution in [0.4, 0.5) is 0 Å². The fourth-order valence-electron chi connectivity index (χ4n) is 0.835. The van der Waals surface area contributed by atoms with Crippen LogP contribution in [0.5, 0.6) is 5.75 Å². The summed E-state index contributed by atoms with van der Waals surface area (Å²) in [7, 11) is 0. The Bertz CT molecular complexity index is 304. The number of phenolic OH excluding ortho intramolecular Hbond substituents is 1. The van der Waals surface area contributed by atoms with Crippen LogP contribution in [-0.2, 0) is 0 Å². The normalized spacial score (nSPS) is 9.18. The Kier molecular flexibility index (Phi) is 2.02. The number of aryl methyl sites for hydroxylation is 1. The maximum absolute atomic E-state index is 9.17. The van der Waals surface area contributed by atoms with Crippen LogP contribution in [0, 0.1) is 18.3 Å². The van der Waals surface area contributed by atoms with Gasteiger partial charge in [-0.3, -0.25) is 0 Å². The van der Waals surface area contributed by atoms with Gasteiger partial charge in [0.1, 0.15) is 17.4 Å². The van der Waals surface area contributed by atoms with Crippen LogP contribution in [0.1, 0.15) is 11.1 Å². The van der Waals surface area contributed by atoms with Crippen molar-refractivity contribution >= 4 is 11.6 Å².